The van der Waals surface area contributed by atoms with Gasteiger partial charge in [0.1, 0.15) is 0 Å². The molecule has 0 aliphatic heterocycles. The van der Waals surface area contributed by atoms with Gasteiger partial charge in [0.05, 0.1) is 222 Å². The van der Waals surface area contributed by atoms with Crippen molar-refractivity contribution in [1.82, 2.24) is 0 Å². The molecule has 0 fully saturated rings. The Morgan fingerprint density at radius 2 is 0.295 bits per heavy atom. The minimum Gasteiger partial charge on any atom is -0.372 e. The maximum atomic E-state index is 2.71. The van der Waals surface area contributed by atoms with Crippen LogP contribution in [0.3, 0.4) is 0 Å². The molecule has 4 bridgehead atoms. The Kier molecular flexibility index (Phi) is 48.8. The maximum Gasteiger partial charge on any atom is 0.0780 e. The predicted octanol–water partition coefficient (Wildman–Crippen LogP) is 25.6. The first-order chi connectivity index (χ1) is 62.5. The van der Waals surface area contributed by atoms with Gasteiger partial charge in [-0.25, -0.2) is 0 Å². The highest BCUT2D eigenvalue weighted by molar-refractivity contribution is 5.80. The number of aryl methyl sites for hydroxylation is 4. The first-order valence-electron chi connectivity index (χ1n) is 53.3. The van der Waals surface area contributed by atoms with Crippen LogP contribution < -0.4 is 19.6 Å². The molecule has 4 aliphatic rings. The number of unbranched alkanes of at least 4 members (excludes halogenated alkanes) is 24. The lowest BCUT2D eigenvalue weighted by Gasteiger charge is -2.26. The molecule has 0 aromatic heterocycles. The number of hydrogen-bond donors (Lipinski definition) is 0. The van der Waals surface area contributed by atoms with Crippen LogP contribution in [0.1, 0.15) is 272 Å². The second kappa shape index (κ2) is 57.4. The van der Waals surface area contributed by atoms with Crippen LogP contribution in [0.25, 0.3) is 48.6 Å². The van der Waals surface area contributed by atoms with Crippen molar-refractivity contribution in [3.63, 3.8) is 0 Å². The molecule has 0 saturated heterocycles. The van der Waals surface area contributed by atoms with E-state index in [1.807, 2.05) is 0 Å². The average molecular weight is 1820 g/mol. The molecule has 0 N–H and O–H groups in total. The van der Waals surface area contributed by atoms with E-state index in [-0.39, 0.29) is 0 Å². The minimum atomic E-state index is 0.916. The topological polar surface area (TPSA) is 13.0 Å². The number of nitrogens with zero attached hydrogens (tertiary/aromatic N) is 12. The van der Waals surface area contributed by atoms with E-state index < -0.39 is 0 Å². The molecule has 12 heteroatoms. The van der Waals surface area contributed by atoms with E-state index in [1.54, 1.807) is 0 Å². The lowest BCUT2D eigenvalue weighted by atomic mass is 9.86. The lowest BCUT2D eigenvalue weighted by Crippen LogP contribution is -2.35. The highest BCUT2D eigenvalue weighted by Crippen LogP contribution is 2.33. The summed E-state index contributed by atoms with van der Waals surface area (Å²) in [6.45, 7) is 18.9. The average Bonchev–Trinajstić information content (AvgIpc) is 0.792. The van der Waals surface area contributed by atoms with Crippen LogP contribution in [0.4, 0.5) is 22.7 Å². The summed E-state index contributed by atoms with van der Waals surface area (Å²) in [7, 11) is 55.9. The van der Waals surface area contributed by atoms with Gasteiger partial charge in [-0.2, -0.15) is 0 Å². The van der Waals surface area contributed by atoms with E-state index in [0.717, 1.165) is 114 Å². The zero-order valence-electron chi connectivity index (χ0n) is 90.3. The molecule has 4 aliphatic carbocycles. The number of benzene rings is 6. The molecule has 736 valence electrons. The van der Waals surface area contributed by atoms with Crippen molar-refractivity contribution in [1.29, 1.82) is 0 Å². The molecule has 6 aromatic rings. The predicted molar refractivity (Wildman–Crippen MR) is 589 cm³/mol. The van der Waals surface area contributed by atoms with Crippen molar-refractivity contribution in [2.24, 2.45) is 0 Å². The molecular weight excluding hydrogens is 1610 g/mol. The summed E-state index contributed by atoms with van der Waals surface area (Å²) >= 11 is 0. The summed E-state index contributed by atoms with van der Waals surface area (Å²) in [6.07, 6.45) is 64.3. The Hall–Kier alpha value is -6.84. The van der Waals surface area contributed by atoms with Crippen LogP contribution >= 0.6 is 0 Å². The molecule has 0 unspecified atom stereocenters. The van der Waals surface area contributed by atoms with E-state index in [4.69, 9.17) is 0 Å². The Labute approximate surface area is 814 Å². The van der Waals surface area contributed by atoms with Crippen LogP contribution in [0.2, 0.25) is 0 Å². The largest absolute Gasteiger partial charge is 0.372 e. The van der Waals surface area contributed by atoms with Crippen molar-refractivity contribution < 1.29 is 35.9 Å². The molecule has 6 aromatic carbocycles. The lowest BCUT2D eigenvalue weighted by molar-refractivity contribution is -0.870. The molecule has 10 rings (SSSR count). The van der Waals surface area contributed by atoms with Crippen LogP contribution in [-0.4, -0.2) is 310 Å². The Bertz CT molecular complexity index is 3590. The fourth-order valence-corrected chi connectivity index (χ4v) is 18.8. The minimum absolute atomic E-state index is 0.916. The van der Waals surface area contributed by atoms with Gasteiger partial charge in [0.15, 0.2) is 0 Å². The summed E-state index contributed by atoms with van der Waals surface area (Å²) in [5.74, 6) is 0. The summed E-state index contributed by atoms with van der Waals surface area (Å²) in [6, 6.07) is 48.9. The maximum absolute atomic E-state index is 2.71. The SMILES string of the molecule is C[N+](C)(C)CCCCCCN(CCCCCC[N+](C)(C)C)c1ccc(/C=C\c2cc3c(/C=C/c4ccc(N(CCCCCC[N+](C)(C)C)CCCCCC[N+](C)(C)C)cc4)cc2CCc2cc(/C=C/c4ccc(N(CCCCCC[N+](C)(C)C)CCCCCC[N+](C)(C)C)cc4)c(cc2/C=C/c2ccc(N(CCCCCC[N+](C)(C)C)CCCCCC[N+](C)(C)C)cc2)CC3)cc1. The first kappa shape index (κ1) is 112. The van der Waals surface area contributed by atoms with Gasteiger partial charge in [0.2, 0.25) is 0 Å². The van der Waals surface area contributed by atoms with Gasteiger partial charge in [-0.15, -0.1) is 0 Å². The van der Waals surface area contributed by atoms with Crippen molar-refractivity contribution in [2.45, 2.75) is 231 Å². The van der Waals surface area contributed by atoms with Crippen LogP contribution in [0.5, 0.6) is 0 Å². The Morgan fingerprint density at radius 1 is 0.167 bits per heavy atom. The molecule has 0 radical (unpaired) electrons. The second-order valence-electron chi connectivity index (χ2n) is 48.6. The summed E-state index contributed by atoms with van der Waals surface area (Å²) < 4.78 is 8.36. The highest BCUT2D eigenvalue weighted by atomic mass is 15.3. The third-order valence-electron chi connectivity index (χ3n) is 27.0. The van der Waals surface area contributed by atoms with Gasteiger partial charge in [-0.1, -0.05) is 173 Å². The first-order valence-corrected chi connectivity index (χ1v) is 53.3. The normalized spacial score (nSPS) is 13.5. The van der Waals surface area contributed by atoms with Crippen molar-refractivity contribution in [3.05, 3.63) is 188 Å². The number of anilines is 4. The molecule has 132 heavy (non-hydrogen) atoms. The Morgan fingerprint density at radius 3 is 0.424 bits per heavy atom. The van der Waals surface area contributed by atoms with Gasteiger partial charge in [0.25, 0.3) is 0 Å². The quantitative estimate of drug-likeness (QED) is 0.0214. The van der Waals surface area contributed by atoms with E-state index in [9.17, 15) is 0 Å². The van der Waals surface area contributed by atoms with Crippen LogP contribution in [0.15, 0.2) is 121 Å². The number of rotatable bonds is 68. The molecule has 0 heterocycles. The third kappa shape index (κ3) is 50.3. The fourth-order valence-electron chi connectivity index (χ4n) is 18.8. The van der Waals surface area contributed by atoms with Gasteiger partial charge < -0.3 is 55.5 Å². The molecule has 0 atom stereocenters. The molecule has 12 nitrogen and oxygen atoms in total. The second-order valence-corrected chi connectivity index (χ2v) is 48.6. The molecule has 0 spiro atoms. The monoisotopic (exact) mass is 1810 g/mol. The van der Waals surface area contributed by atoms with Gasteiger partial charge >= 0.3 is 0 Å². The third-order valence-corrected chi connectivity index (χ3v) is 27.0. The van der Waals surface area contributed by atoms with E-state index in [0.29, 0.717) is 0 Å². The van der Waals surface area contributed by atoms with Gasteiger partial charge in [-0.3, -0.25) is 0 Å². The molecule has 0 amide bonds. The zero-order valence-corrected chi connectivity index (χ0v) is 90.3. The Balaban J connectivity index is 1.27. The highest BCUT2D eigenvalue weighted by Gasteiger charge is 2.21. The smallest absolute Gasteiger partial charge is 0.0780 e. The van der Waals surface area contributed by atoms with Crippen LogP contribution in [-0.2, 0) is 25.7 Å². The summed E-state index contributed by atoms with van der Waals surface area (Å²) in [4.78, 5) is 10.8. The van der Waals surface area contributed by atoms with Crippen molar-refractivity contribution in [2.75, 3.05) is 293 Å². The summed E-state index contributed by atoms with van der Waals surface area (Å²) in [5, 5.41) is 0. The standard InChI is InChI=1S/C120H204N12/c1-125(2,3)93-49-33-25-41-85-121(86-42-26-34-50-94-126(4,5)6)117-77-61-105(62-78-117)57-69-109-101-114-75-76-116-104-111(71-59-107-65-81-119(82-66-107)123(89-45-29-37-53-97-129(13,14)15)90-46-30-38-54-98-130(16,17)18)115(103-112(116)72-60-108-67-83-120(84-68-108)124(91-47-31-39-55-99-131(19,20)21)92-48-32-40-56-100-132(22,23)24)74-73-113(109)102-110(114)70-58-106-63-79-118(80-64-106)122(87-43-27-35-51-95-127(7,8)9)88-44-28-36-52-96-128(10,11)12/h57-72,77-84,101-104H,25-56,73-76,85-100H2,1-24H3/q+8/b69-57-,70-58+,71-59+,72-60+. The van der Waals surface area contributed by atoms with E-state index in [1.165, 1.54) is 347 Å². The number of hydrogen-bond acceptors (Lipinski definition) is 4. The molecule has 0 saturated carbocycles. The molecular formula is C120H204N12+8. The zero-order chi connectivity index (χ0) is 96.1. The fraction of sp³-hybridized carbons (Fsp3) is 0.633. The van der Waals surface area contributed by atoms with Crippen molar-refractivity contribution in [3.8, 4) is 0 Å². The summed E-state index contributed by atoms with van der Waals surface area (Å²) in [5.41, 5.74) is 21.4. The van der Waals surface area contributed by atoms with Crippen molar-refractivity contribution >= 4 is 71.4 Å². The number of quaternary nitrogens is 8. The van der Waals surface area contributed by atoms with Gasteiger partial charge in [-0.05, 0) is 295 Å². The van der Waals surface area contributed by atoms with E-state index in [2.05, 4.69) is 359 Å². The van der Waals surface area contributed by atoms with Gasteiger partial charge in [0, 0.05) is 75.1 Å². The van der Waals surface area contributed by atoms with Crippen LogP contribution in [0, 0.1) is 0 Å². The van der Waals surface area contributed by atoms with E-state index >= 15 is 0 Å².